The van der Waals surface area contributed by atoms with Gasteiger partial charge in [0.25, 0.3) is 0 Å². The Morgan fingerprint density at radius 1 is 1.09 bits per heavy atom. The summed E-state index contributed by atoms with van der Waals surface area (Å²) in [5, 5.41) is -0.130. The summed E-state index contributed by atoms with van der Waals surface area (Å²) in [4.78, 5) is 14.3. The fraction of sp³-hybridized carbons (Fsp3) is 0.222. The van der Waals surface area contributed by atoms with Crippen molar-refractivity contribution in [2.24, 2.45) is 0 Å². The van der Waals surface area contributed by atoms with Crippen LogP contribution in [0.2, 0.25) is 0 Å². The molecule has 1 heterocycles. The average Bonchev–Trinajstić information content (AvgIpc) is 2.78. The van der Waals surface area contributed by atoms with E-state index in [1.165, 1.54) is 28.5 Å². The van der Waals surface area contributed by atoms with Crippen LogP contribution in [0.1, 0.15) is 16.7 Å². The first-order chi connectivity index (χ1) is 10.6. The van der Waals surface area contributed by atoms with Crippen LogP contribution in [0.25, 0.3) is 0 Å². The first-order valence-corrected chi connectivity index (χ1v) is 8.51. The number of nitrogens with zero attached hydrogens (tertiary/aromatic N) is 1. The highest BCUT2D eigenvalue weighted by atomic mass is 32.2. The van der Waals surface area contributed by atoms with Gasteiger partial charge in [0.15, 0.2) is 0 Å². The highest BCUT2D eigenvalue weighted by Gasteiger charge is 2.37. The lowest BCUT2D eigenvalue weighted by Gasteiger charge is -2.15. The van der Waals surface area contributed by atoms with Gasteiger partial charge >= 0.3 is 0 Å². The van der Waals surface area contributed by atoms with Gasteiger partial charge in [-0.2, -0.15) is 0 Å². The molecule has 0 aromatic heterocycles. The van der Waals surface area contributed by atoms with E-state index in [0.717, 1.165) is 5.69 Å². The Morgan fingerprint density at radius 2 is 1.82 bits per heavy atom. The predicted molar refractivity (Wildman–Crippen MR) is 97.5 cm³/mol. The van der Waals surface area contributed by atoms with Gasteiger partial charge in [0.2, 0.25) is 5.91 Å². The molecule has 22 heavy (non-hydrogen) atoms. The van der Waals surface area contributed by atoms with E-state index in [1.54, 1.807) is 4.90 Å². The maximum atomic E-state index is 12.7. The Bertz CT molecular complexity index is 727. The lowest BCUT2D eigenvalue weighted by atomic mass is 10.0. The molecule has 0 spiro atoms. The third-order valence-electron chi connectivity index (χ3n) is 3.93. The number of benzene rings is 2. The van der Waals surface area contributed by atoms with Gasteiger partial charge in [-0.1, -0.05) is 60.4 Å². The van der Waals surface area contributed by atoms with Crippen molar-refractivity contribution in [3.8, 4) is 0 Å². The zero-order valence-corrected chi connectivity index (χ0v) is 14.2. The van der Waals surface area contributed by atoms with Crippen molar-refractivity contribution in [2.45, 2.75) is 25.5 Å². The zero-order valence-electron chi connectivity index (χ0n) is 12.6. The molecule has 1 atom stereocenters. The quantitative estimate of drug-likeness (QED) is 0.785. The van der Waals surface area contributed by atoms with Gasteiger partial charge in [0.05, 0.1) is 10.9 Å². The summed E-state index contributed by atoms with van der Waals surface area (Å²) < 4.78 is 0.644. The standard InChI is InChI=1S/C18H17NOS2/c1-12-8-9-14(10-13(12)2)11-16-17(20)19(18(21)22-16)15-6-4-3-5-7-15/h3-10,16H,11H2,1-2H3. The smallest absolute Gasteiger partial charge is 0.246 e. The molecule has 0 N–H and O–H groups in total. The molecule has 1 fully saturated rings. The monoisotopic (exact) mass is 327 g/mol. The van der Waals surface area contributed by atoms with E-state index >= 15 is 0 Å². The van der Waals surface area contributed by atoms with Crippen LogP contribution in [0.4, 0.5) is 5.69 Å². The summed E-state index contributed by atoms with van der Waals surface area (Å²) in [6.07, 6.45) is 0.716. The van der Waals surface area contributed by atoms with Gasteiger partial charge < -0.3 is 0 Å². The highest BCUT2D eigenvalue weighted by Crippen LogP contribution is 2.33. The highest BCUT2D eigenvalue weighted by molar-refractivity contribution is 8.25. The Kier molecular flexibility index (Phi) is 4.32. The minimum Gasteiger partial charge on any atom is -0.273 e. The van der Waals surface area contributed by atoms with Gasteiger partial charge in [0.1, 0.15) is 4.32 Å². The second kappa shape index (κ2) is 6.23. The molecule has 0 aliphatic carbocycles. The van der Waals surface area contributed by atoms with Crippen molar-refractivity contribution >= 4 is 39.9 Å². The van der Waals surface area contributed by atoms with Crippen molar-refractivity contribution in [1.29, 1.82) is 0 Å². The number of para-hydroxylation sites is 1. The summed E-state index contributed by atoms with van der Waals surface area (Å²) in [7, 11) is 0. The van der Waals surface area contributed by atoms with Gasteiger partial charge in [-0.25, -0.2) is 0 Å². The summed E-state index contributed by atoms with van der Waals surface area (Å²) in [5.74, 6) is 0.0828. The summed E-state index contributed by atoms with van der Waals surface area (Å²) in [6.45, 7) is 4.20. The number of aryl methyl sites for hydroxylation is 2. The molecule has 1 aliphatic heterocycles. The van der Waals surface area contributed by atoms with Gasteiger partial charge in [-0.3, -0.25) is 9.69 Å². The van der Waals surface area contributed by atoms with Crippen molar-refractivity contribution < 1.29 is 4.79 Å². The molecule has 1 unspecified atom stereocenters. The van der Waals surface area contributed by atoms with Gasteiger partial charge in [0, 0.05) is 0 Å². The molecule has 112 valence electrons. The minimum atomic E-state index is -0.130. The van der Waals surface area contributed by atoms with Crippen LogP contribution < -0.4 is 4.90 Å². The number of thioether (sulfide) groups is 1. The molecule has 0 saturated carbocycles. The van der Waals surface area contributed by atoms with Crippen LogP contribution in [-0.2, 0) is 11.2 Å². The Morgan fingerprint density at radius 3 is 2.50 bits per heavy atom. The number of carbonyl (C=O) groups is 1. The van der Waals surface area contributed by atoms with Crippen LogP contribution >= 0.6 is 24.0 Å². The SMILES string of the molecule is Cc1ccc(CC2SC(=S)N(c3ccccc3)C2=O)cc1C. The summed E-state index contributed by atoms with van der Waals surface area (Å²) in [5.41, 5.74) is 4.57. The van der Waals surface area contributed by atoms with Crippen LogP contribution in [0, 0.1) is 13.8 Å². The Labute approximate surface area is 140 Å². The normalized spacial score (nSPS) is 18.1. The van der Waals surface area contributed by atoms with E-state index in [2.05, 4.69) is 32.0 Å². The molecule has 3 rings (SSSR count). The first kappa shape index (κ1) is 15.3. The molecule has 2 aromatic rings. The number of amides is 1. The molecule has 0 radical (unpaired) electrons. The predicted octanol–water partition coefficient (Wildman–Crippen LogP) is 4.28. The van der Waals surface area contributed by atoms with E-state index in [9.17, 15) is 4.79 Å². The lowest BCUT2D eigenvalue weighted by Crippen LogP contribution is -2.31. The topological polar surface area (TPSA) is 20.3 Å². The maximum Gasteiger partial charge on any atom is 0.246 e. The molecule has 4 heteroatoms. The van der Waals surface area contributed by atoms with Crippen LogP contribution in [0.3, 0.4) is 0 Å². The number of rotatable bonds is 3. The van der Waals surface area contributed by atoms with Crippen molar-refractivity contribution in [2.75, 3.05) is 4.90 Å². The average molecular weight is 327 g/mol. The largest absolute Gasteiger partial charge is 0.273 e. The molecule has 1 aliphatic rings. The second-order valence-electron chi connectivity index (χ2n) is 5.50. The molecule has 2 nitrogen and oxygen atoms in total. The van der Waals surface area contributed by atoms with E-state index < -0.39 is 0 Å². The van der Waals surface area contributed by atoms with Crippen LogP contribution in [-0.4, -0.2) is 15.5 Å². The minimum absolute atomic E-state index is 0.0828. The van der Waals surface area contributed by atoms with E-state index in [0.29, 0.717) is 10.7 Å². The lowest BCUT2D eigenvalue weighted by molar-refractivity contribution is -0.116. The Balaban J connectivity index is 1.80. The van der Waals surface area contributed by atoms with E-state index in [4.69, 9.17) is 12.2 Å². The molecular weight excluding hydrogens is 310 g/mol. The van der Waals surface area contributed by atoms with Gasteiger partial charge in [-0.15, -0.1) is 0 Å². The number of carbonyl (C=O) groups excluding carboxylic acids is 1. The van der Waals surface area contributed by atoms with Crippen LogP contribution in [0.15, 0.2) is 48.5 Å². The first-order valence-electron chi connectivity index (χ1n) is 7.22. The number of thiocarbonyl (C=S) groups is 1. The third kappa shape index (κ3) is 2.94. The number of hydrogen-bond acceptors (Lipinski definition) is 3. The van der Waals surface area contributed by atoms with E-state index in [1.807, 2.05) is 30.3 Å². The molecule has 1 amide bonds. The fourth-order valence-electron chi connectivity index (χ4n) is 2.54. The molecule has 0 bridgehead atoms. The number of anilines is 1. The van der Waals surface area contributed by atoms with E-state index in [-0.39, 0.29) is 11.2 Å². The van der Waals surface area contributed by atoms with Crippen molar-refractivity contribution in [3.63, 3.8) is 0 Å². The molecule has 2 aromatic carbocycles. The number of hydrogen-bond donors (Lipinski definition) is 0. The molecular formula is C18H17NOS2. The van der Waals surface area contributed by atoms with Crippen molar-refractivity contribution in [3.05, 3.63) is 65.2 Å². The second-order valence-corrected chi connectivity index (χ2v) is 7.34. The fourth-order valence-corrected chi connectivity index (χ4v) is 4.11. The zero-order chi connectivity index (χ0) is 15.7. The maximum absolute atomic E-state index is 12.7. The van der Waals surface area contributed by atoms with Crippen LogP contribution in [0.5, 0.6) is 0 Å². The third-order valence-corrected chi connectivity index (χ3v) is 5.44. The van der Waals surface area contributed by atoms with Crippen molar-refractivity contribution in [1.82, 2.24) is 0 Å². The summed E-state index contributed by atoms with van der Waals surface area (Å²) in [6, 6.07) is 16.0. The Hall–Kier alpha value is -1.65. The molecule has 1 saturated heterocycles. The summed E-state index contributed by atoms with van der Waals surface area (Å²) >= 11 is 6.90. The van der Waals surface area contributed by atoms with Gasteiger partial charge in [-0.05, 0) is 49.1 Å².